The number of benzene rings is 3. The van der Waals surface area contributed by atoms with Crippen LogP contribution < -0.4 is 24.4 Å². The summed E-state index contributed by atoms with van der Waals surface area (Å²) >= 11 is 0. The van der Waals surface area contributed by atoms with Gasteiger partial charge in [0, 0.05) is 33.7 Å². The lowest BCUT2D eigenvalue weighted by Crippen LogP contribution is -2.37. The van der Waals surface area contributed by atoms with Crippen molar-refractivity contribution in [3.8, 4) is 17.2 Å². The number of hydrogen-bond acceptors (Lipinski definition) is 9. The van der Waals surface area contributed by atoms with Gasteiger partial charge in [0.2, 0.25) is 12.7 Å². The van der Waals surface area contributed by atoms with Gasteiger partial charge in [0.15, 0.2) is 28.5 Å². The van der Waals surface area contributed by atoms with E-state index in [4.69, 9.17) is 24.2 Å². The van der Waals surface area contributed by atoms with Crippen LogP contribution >= 0.6 is 0 Å². The van der Waals surface area contributed by atoms with Gasteiger partial charge >= 0.3 is 6.09 Å². The molecule has 5 aromatic rings. The number of rotatable bonds is 10. The number of imidazole rings is 1. The molecule has 0 aliphatic carbocycles. The Bertz CT molecular complexity index is 1680. The molecule has 0 bridgehead atoms. The highest BCUT2D eigenvalue weighted by atomic mass is 16.7. The van der Waals surface area contributed by atoms with E-state index in [1.807, 2.05) is 71.1 Å². The number of amides is 1. The van der Waals surface area contributed by atoms with Crippen molar-refractivity contribution in [2.75, 3.05) is 44.2 Å². The van der Waals surface area contributed by atoms with E-state index in [0.717, 1.165) is 22.6 Å². The van der Waals surface area contributed by atoms with Crippen molar-refractivity contribution in [1.82, 2.24) is 24.4 Å². The summed E-state index contributed by atoms with van der Waals surface area (Å²) in [4.78, 5) is 30.4. The zero-order valence-corrected chi connectivity index (χ0v) is 23.4. The molecule has 6 rings (SSSR count). The van der Waals surface area contributed by atoms with Gasteiger partial charge < -0.3 is 33.9 Å². The average molecular weight is 566 g/mol. The van der Waals surface area contributed by atoms with E-state index in [2.05, 4.69) is 22.4 Å². The highest BCUT2D eigenvalue weighted by Gasteiger charge is 2.19. The van der Waals surface area contributed by atoms with E-state index in [1.54, 1.807) is 25.5 Å². The third-order valence-corrected chi connectivity index (χ3v) is 6.92. The van der Waals surface area contributed by atoms with Crippen LogP contribution in [0.15, 0.2) is 85.2 Å². The minimum absolute atomic E-state index is 0.229. The van der Waals surface area contributed by atoms with Crippen LogP contribution in [0.5, 0.6) is 17.2 Å². The van der Waals surface area contributed by atoms with Crippen LogP contribution in [0.1, 0.15) is 11.1 Å². The van der Waals surface area contributed by atoms with E-state index in [9.17, 15) is 4.79 Å². The fraction of sp³-hybridized carbons (Fsp3) is 0.226. The molecule has 3 heterocycles. The maximum absolute atomic E-state index is 12.6. The molecule has 0 unspecified atom stereocenters. The Morgan fingerprint density at radius 2 is 1.69 bits per heavy atom. The van der Waals surface area contributed by atoms with Gasteiger partial charge in [-0.15, -0.1) is 0 Å². The molecule has 1 aliphatic rings. The fourth-order valence-corrected chi connectivity index (χ4v) is 4.52. The molecule has 42 heavy (non-hydrogen) atoms. The lowest BCUT2D eigenvalue weighted by molar-refractivity contribution is 0.164. The molecule has 1 N–H and O–H groups in total. The first kappa shape index (κ1) is 26.9. The van der Waals surface area contributed by atoms with Crippen molar-refractivity contribution in [1.29, 1.82) is 0 Å². The Balaban J connectivity index is 1.22. The normalized spacial score (nSPS) is 11.9. The summed E-state index contributed by atoms with van der Waals surface area (Å²) in [5, 5.41) is 3.44. The first-order valence-corrected chi connectivity index (χ1v) is 13.6. The molecular formula is C31H31N7O4. The van der Waals surface area contributed by atoms with E-state index in [-0.39, 0.29) is 6.79 Å². The maximum Gasteiger partial charge on any atom is 0.415 e. The Morgan fingerprint density at radius 1 is 0.929 bits per heavy atom. The molecule has 214 valence electrons. The van der Waals surface area contributed by atoms with Crippen molar-refractivity contribution in [2.45, 2.75) is 13.1 Å². The lowest BCUT2D eigenvalue weighted by Gasteiger charge is -2.22. The van der Waals surface area contributed by atoms with E-state index in [0.29, 0.717) is 54.9 Å². The largest absolute Gasteiger partial charge is 0.454 e. The smallest absolute Gasteiger partial charge is 0.415 e. The number of carbonyl (C=O) groups is 1. The Morgan fingerprint density at radius 3 is 2.50 bits per heavy atom. The molecule has 11 heteroatoms. The molecule has 0 saturated carbocycles. The van der Waals surface area contributed by atoms with Crippen molar-refractivity contribution in [3.63, 3.8) is 0 Å². The first-order valence-electron chi connectivity index (χ1n) is 13.6. The zero-order chi connectivity index (χ0) is 28.9. The average Bonchev–Trinajstić information content (AvgIpc) is 3.66. The van der Waals surface area contributed by atoms with Gasteiger partial charge in [-0.3, -0.25) is 0 Å². The molecule has 1 aliphatic heterocycles. The predicted molar refractivity (Wildman–Crippen MR) is 159 cm³/mol. The molecule has 0 spiro atoms. The standard InChI is InChI=1S/C31H31N7O4/c1-36(15-16-37(2)31(39)42-24-11-7-4-8-12-24)30-34-28(32-18-23-13-14-25-26(17-23)41-21-40-25)27-29(35-30)38(20-33-27)19-22-9-5-3-6-10-22/h3-14,17,20H,15-16,18-19,21H2,1-2H3,(H,32,34,35). The number of nitrogens with zero attached hydrogens (tertiary/aromatic N) is 6. The first-order chi connectivity index (χ1) is 20.5. The highest BCUT2D eigenvalue weighted by molar-refractivity contribution is 5.84. The number of para-hydroxylation sites is 1. The number of fused-ring (bicyclic) bond motifs is 2. The Labute approximate surface area is 243 Å². The molecule has 0 fully saturated rings. The van der Waals surface area contributed by atoms with Crippen LogP contribution in [0.2, 0.25) is 0 Å². The monoisotopic (exact) mass is 565 g/mol. The highest BCUT2D eigenvalue weighted by Crippen LogP contribution is 2.33. The second kappa shape index (κ2) is 12.0. The molecule has 0 radical (unpaired) electrons. The molecular weight excluding hydrogens is 534 g/mol. The molecule has 0 saturated heterocycles. The summed E-state index contributed by atoms with van der Waals surface area (Å²) in [6.07, 6.45) is 1.35. The topological polar surface area (TPSA) is 107 Å². The molecule has 3 aromatic carbocycles. The van der Waals surface area contributed by atoms with Crippen LogP contribution in [-0.2, 0) is 13.1 Å². The lowest BCUT2D eigenvalue weighted by atomic mass is 10.2. The van der Waals surface area contributed by atoms with Gasteiger partial charge in [-0.25, -0.2) is 9.78 Å². The van der Waals surface area contributed by atoms with Crippen LogP contribution in [0.25, 0.3) is 11.2 Å². The number of aromatic nitrogens is 4. The number of ether oxygens (including phenoxy) is 3. The number of anilines is 2. The predicted octanol–water partition coefficient (Wildman–Crippen LogP) is 4.78. The van der Waals surface area contributed by atoms with Crippen molar-refractivity contribution in [2.24, 2.45) is 0 Å². The summed E-state index contributed by atoms with van der Waals surface area (Å²) in [7, 11) is 3.60. The van der Waals surface area contributed by atoms with Crippen LogP contribution in [0, 0.1) is 0 Å². The minimum Gasteiger partial charge on any atom is -0.454 e. The van der Waals surface area contributed by atoms with E-state index >= 15 is 0 Å². The summed E-state index contributed by atoms with van der Waals surface area (Å²) in [6, 6.07) is 25.0. The minimum atomic E-state index is -0.432. The molecule has 0 atom stereocenters. The number of carbonyl (C=O) groups excluding carboxylic acids is 1. The second-order valence-corrected chi connectivity index (χ2v) is 9.97. The van der Waals surface area contributed by atoms with Gasteiger partial charge in [-0.2, -0.15) is 9.97 Å². The van der Waals surface area contributed by atoms with E-state index < -0.39 is 6.09 Å². The quantitative estimate of drug-likeness (QED) is 0.256. The van der Waals surface area contributed by atoms with Gasteiger partial charge in [-0.1, -0.05) is 54.6 Å². The van der Waals surface area contributed by atoms with Gasteiger partial charge in [0.05, 0.1) is 12.9 Å². The summed E-state index contributed by atoms with van der Waals surface area (Å²) in [5.41, 5.74) is 3.54. The number of likely N-dealkylation sites (N-methyl/N-ethyl adjacent to an activating group) is 2. The van der Waals surface area contributed by atoms with Crippen molar-refractivity contribution >= 4 is 29.0 Å². The van der Waals surface area contributed by atoms with Crippen molar-refractivity contribution in [3.05, 3.63) is 96.3 Å². The Kier molecular flexibility index (Phi) is 7.71. The summed E-state index contributed by atoms with van der Waals surface area (Å²) in [5.74, 6) is 3.09. The van der Waals surface area contributed by atoms with Crippen molar-refractivity contribution < 1.29 is 19.0 Å². The number of hydrogen-bond donors (Lipinski definition) is 1. The third-order valence-electron chi connectivity index (χ3n) is 6.92. The summed E-state index contributed by atoms with van der Waals surface area (Å²) < 4.78 is 18.4. The number of nitrogens with one attached hydrogen (secondary N) is 1. The SMILES string of the molecule is CN(CCN(C)c1nc(NCc2ccc3c(c2)OCO3)c2ncn(Cc3ccccc3)c2n1)C(=O)Oc1ccccc1. The zero-order valence-electron chi connectivity index (χ0n) is 23.4. The van der Waals surface area contributed by atoms with Gasteiger partial charge in [-0.05, 0) is 35.4 Å². The second-order valence-electron chi connectivity index (χ2n) is 9.97. The summed E-state index contributed by atoms with van der Waals surface area (Å²) in [6.45, 7) is 2.25. The Hall–Kier alpha value is -5.32. The van der Waals surface area contributed by atoms with Crippen LogP contribution in [-0.4, -0.2) is 64.5 Å². The third kappa shape index (κ3) is 6.04. The molecule has 11 nitrogen and oxygen atoms in total. The van der Waals surface area contributed by atoms with Gasteiger partial charge in [0.1, 0.15) is 5.75 Å². The van der Waals surface area contributed by atoms with E-state index in [1.165, 1.54) is 4.90 Å². The van der Waals surface area contributed by atoms with Crippen LogP contribution in [0.4, 0.5) is 16.6 Å². The molecule has 2 aromatic heterocycles. The van der Waals surface area contributed by atoms with Crippen LogP contribution in [0.3, 0.4) is 0 Å². The fourth-order valence-electron chi connectivity index (χ4n) is 4.52. The maximum atomic E-state index is 12.6. The molecule has 1 amide bonds. The van der Waals surface area contributed by atoms with Gasteiger partial charge in [0.25, 0.3) is 0 Å².